The summed E-state index contributed by atoms with van der Waals surface area (Å²) in [6.45, 7) is 0. The van der Waals surface area contributed by atoms with Crippen LogP contribution in [-0.2, 0) is 10.2 Å². The molecule has 1 aliphatic heterocycles. The molecule has 1 nitrogen and oxygen atoms in total. The lowest BCUT2D eigenvalue weighted by molar-refractivity contribution is 0.444. The van der Waals surface area contributed by atoms with Gasteiger partial charge in [-0.2, -0.15) is 0 Å². The Hall–Kier alpha value is -3.26. The normalized spacial score (nSPS) is 15.4. The standard InChI is InChI=1S/C29H20Cl2O/c30-27-25(21-13-5-1-6-14-21)32-26(22-15-7-2-8-16-22)28(31)29(27,23-17-9-3-10-18-23)24-19-11-4-12-20-24/h1-20H. The van der Waals surface area contributed by atoms with Crippen LogP contribution in [0.4, 0.5) is 0 Å². The summed E-state index contributed by atoms with van der Waals surface area (Å²) in [6.07, 6.45) is 0. The van der Waals surface area contributed by atoms with Crippen molar-refractivity contribution in [1.29, 1.82) is 0 Å². The van der Waals surface area contributed by atoms with Crippen molar-refractivity contribution < 1.29 is 4.74 Å². The molecule has 0 aromatic heterocycles. The predicted octanol–water partition coefficient (Wildman–Crippen LogP) is 8.22. The van der Waals surface area contributed by atoms with E-state index in [1.54, 1.807) is 0 Å². The molecule has 0 saturated heterocycles. The van der Waals surface area contributed by atoms with E-state index in [0.717, 1.165) is 22.3 Å². The maximum atomic E-state index is 7.29. The zero-order chi connectivity index (χ0) is 22.0. The lowest BCUT2D eigenvalue weighted by atomic mass is 9.71. The summed E-state index contributed by atoms with van der Waals surface area (Å²) in [7, 11) is 0. The van der Waals surface area contributed by atoms with Crippen LogP contribution < -0.4 is 0 Å². The summed E-state index contributed by atoms with van der Waals surface area (Å²) < 4.78 is 6.48. The van der Waals surface area contributed by atoms with Crippen molar-refractivity contribution in [2.24, 2.45) is 0 Å². The molecule has 0 atom stereocenters. The third kappa shape index (κ3) is 3.35. The third-order valence-corrected chi connectivity index (χ3v) is 6.66. The van der Waals surface area contributed by atoms with Crippen LogP contribution in [0.1, 0.15) is 22.3 Å². The maximum Gasteiger partial charge on any atom is 0.150 e. The number of rotatable bonds is 4. The first-order valence-corrected chi connectivity index (χ1v) is 11.2. The van der Waals surface area contributed by atoms with E-state index >= 15 is 0 Å². The fourth-order valence-electron chi connectivity index (χ4n) is 4.23. The van der Waals surface area contributed by atoms with Crippen LogP contribution in [0.5, 0.6) is 0 Å². The second-order valence-corrected chi connectivity index (χ2v) is 8.36. The van der Waals surface area contributed by atoms with Gasteiger partial charge in [-0.3, -0.25) is 0 Å². The average Bonchev–Trinajstić information content (AvgIpc) is 2.87. The molecule has 0 spiro atoms. The highest BCUT2D eigenvalue weighted by atomic mass is 35.5. The number of hydrogen-bond acceptors (Lipinski definition) is 1. The molecule has 4 aromatic carbocycles. The molecule has 1 aliphatic rings. The van der Waals surface area contributed by atoms with E-state index in [2.05, 4.69) is 24.3 Å². The minimum Gasteiger partial charge on any atom is -0.454 e. The van der Waals surface area contributed by atoms with Gasteiger partial charge in [-0.25, -0.2) is 0 Å². The number of hydrogen-bond donors (Lipinski definition) is 0. The summed E-state index contributed by atoms with van der Waals surface area (Å²) >= 11 is 14.6. The number of halogens is 2. The molecule has 0 N–H and O–H groups in total. The smallest absolute Gasteiger partial charge is 0.150 e. The Bertz CT molecular complexity index is 1180. The predicted molar refractivity (Wildman–Crippen MR) is 133 cm³/mol. The van der Waals surface area contributed by atoms with Gasteiger partial charge >= 0.3 is 0 Å². The van der Waals surface area contributed by atoms with E-state index in [-0.39, 0.29) is 0 Å². The van der Waals surface area contributed by atoms with Crippen molar-refractivity contribution in [1.82, 2.24) is 0 Å². The topological polar surface area (TPSA) is 9.23 Å². The van der Waals surface area contributed by atoms with Crippen LogP contribution in [0.3, 0.4) is 0 Å². The Labute approximate surface area is 198 Å². The quantitative estimate of drug-likeness (QED) is 0.301. The molecular formula is C29H20Cl2O. The minimum absolute atomic E-state index is 0.533. The molecule has 156 valence electrons. The van der Waals surface area contributed by atoms with Crippen LogP contribution in [0.2, 0.25) is 0 Å². The maximum absolute atomic E-state index is 7.29. The van der Waals surface area contributed by atoms with Crippen molar-refractivity contribution in [2.45, 2.75) is 5.41 Å². The van der Waals surface area contributed by atoms with Crippen molar-refractivity contribution in [3.8, 4) is 0 Å². The molecule has 0 aliphatic carbocycles. The van der Waals surface area contributed by atoms with E-state index in [9.17, 15) is 0 Å². The van der Waals surface area contributed by atoms with Gasteiger partial charge in [0.2, 0.25) is 0 Å². The largest absolute Gasteiger partial charge is 0.454 e. The van der Waals surface area contributed by atoms with Gasteiger partial charge in [0.05, 0.1) is 15.5 Å². The molecule has 0 bridgehead atoms. The van der Waals surface area contributed by atoms with Gasteiger partial charge in [0.15, 0.2) is 11.5 Å². The molecule has 0 saturated carbocycles. The first-order valence-electron chi connectivity index (χ1n) is 10.4. The van der Waals surface area contributed by atoms with Crippen molar-refractivity contribution >= 4 is 34.7 Å². The molecular weight excluding hydrogens is 435 g/mol. The van der Waals surface area contributed by atoms with E-state index in [4.69, 9.17) is 27.9 Å². The zero-order valence-electron chi connectivity index (χ0n) is 17.2. The number of benzene rings is 4. The van der Waals surface area contributed by atoms with E-state index in [1.807, 2.05) is 97.1 Å². The highest BCUT2D eigenvalue weighted by Crippen LogP contribution is 2.56. The summed E-state index contributed by atoms with van der Waals surface area (Å²) in [5.74, 6) is 1.20. The fraction of sp³-hybridized carbons (Fsp3) is 0.0345. The Morgan fingerprint density at radius 3 is 1.09 bits per heavy atom. The molecule has 0 unspecified atom stereocenters. The molecule has 32 heavy (non-hydrogen) atoms. The highest BCUT2D eigenvalue weighted by Gasteiger charge is 2.48. The number of ether oxygens (including phenoxy) is 1. The van der Waals surface area contributed by atoms with Crippen LogP contribution in [0.25, 0.3) is 11.5 Å². The van der Waals surface area contributed by atoms with Gasteiger partial charge < -0.3 is 4.74 Å². The Kier molecular flexibility index (Phi) is 5.61. The third-order valence-electron chi connectivity index (χ3n) is 5.75. The summed E-state index contributed by atoms with van der Waals surface area (Å²) in [5, 5.41) is 1.07. The molecule has 0 amide bonds. The minimum atomic E-state index is -0.903. The zero-order valence-corrected chi connectivity index (χ0v) is 18.7. The van der Waals surface area contributed by atoms with E-state index in [1.165, 1.54) is 0 Å². The molecule has 0 radical (unpaired) electrons. The van der Waals surface area contributed by atoms with Crippen molar-refractivity contribution in [3.63, 3.8) is 0 Å². The van der Waals surface area contributed by atoms with Crippen molar-refractivity contribution in [2.75, 3.05) is 0 Å². The second-order valence-electron chi connectivity index (χ2n) is 7.60. The van der Waals surface area contributed by atoms with Crippen LogP contribution in [0.15, 0.2) is 131 Å². The summed E-state index contributed by atoms with van der Waals surface area (Å²) in [4.78, 5) is 0. The van der Waals surface area contributed by atoms with Gasteiger partial charge in [0, 0.05) is 11.1 Å². The molecule has 1 heterocycles. The molecule has 4 aromatic rings. The second kappa shape index (κ2) is 8.70. The van der Waals surface area contributed by atoms with Gasteiger partial charge in [-0.15, -0.1) is 0 Å². The van der Waals surface area contributed by atoms with Crippen molar-refractivity contribution in [3.05, 3.63) is 154 Å². The molecule has 5 rings (SSSR count). The summed E-state index contributed by atoms with van der Waals surface area (Å²) in [6, 6.07) is 40.1. The van der Waals surface area contributed by atoms with Crippen LogP contribution in [-0.4, -0.2) is 0 Å². The summed E-state index contributed by atoms with van der Waals surface area (Å²) in [5.41, 5.74) is 2.84. The SMILES string of the molecule is ClC1=C(c2ccccc2)OC(c2ccccc2)=C(Cl)C1(c1ccccc1)c1ccccc1. The lowest BCUT2D eigenvalue weighted by Gasteiger charge is -2.40. The average molecular weight is 455 g/mol. The van der Waals surface area contributed by atoms with E-state index in [0.29, 0.717) is 21.6 Å². The molecule has 3 heteroatoms. The fourth-order valence-corrected chi connectivity index (χ4v) is 5.20. The van der Waals surface area contributed by atoms with Gasteiger partial charge in [0.1, 0.15) is 0 Å². The Morgan fingerprint density at radius 2 is 0.750 bits per heavy atom. The first kappa shape index (κ1) is 20.6. The Morgan fingerprint density at radius 1 is 0.438 bits per heavy atom. The lowest BCUT2D eigenvalue weighted by Crippen LogP contribution is -2.33. The monoisotopic (exact) mass is 454 g/mol. The van der Waals surface area contributed by atoms with Gasteiger partial charge in [-0.05, 0) is 11.1 Å². The first-order chi connectivity index (χ1) is 15.7. The Balaban J connectivity index is 1.90. The molecule has 0 fully saturated rings. The van der Waals surface area contributed by atoms with Crippen LogP contribution >= 0.6 is 23.2 Å². The highest BCUT2D eigenvalue weighted by molar-refractivity contribution is 6.41. The van der Waals surface area contributed by atoms with E-state index < -0.39 is 5.41 Å². The number of allylic oxidation sites excluding steroid dienone is 2. The van der Waals surface area contributed by atoms with Gasteiger partial charge in [-0.1, -0.05) is 145 Å². The van der Waals surface area contributed by atoms with Gasteiger partial charge in [0.25, 0.3) is 0 Å². The van der Waals surface area contributed by atoms with Crippen LogP contribution in [0, 0.1) is 0 Å².